The van der Waals surface area contributed by atoms with Gasteiger partial charge in [0.25, 0.3) is 0 Å². The lowest BCUT2D eigenvalue weighted by Gasteiger charge is -2.26. The molecule has 6 heteroatoms. The second-order valence-corrected chi connectivity index (χ2v) is 4.00. The number of ether oxygens (including phenoxy) is 1. The Morgan fingerprint density at radius 2 is 2.41 bits per heavy atom. The lowest BCUT2D eigenvalue weighted by molar-refractivity contribution is 0.265. The number of nitrogens with zero attached hydrogens (tertiary/aromatic N) is 3. The molecule has 0 spiro atoms. The summed E-state index contributed by atoms with van der Waals surface area (Å²) in [6.45, 7) is 1.03. The highest BCUT2D eigenvalue weighted by atomic mass is 16.5. The molecule has 6 nitrogen and oxygen atoms in total. The first kappa shape index (κ1) is 11.9. The summed E-state index contributed by atoms with van der Waals surface area (Å²) in [5.74, 6) is 2.06. The van der Waals surface area contributed by atoms with Gasteiger partial charge in [0.05, 0.1) is 19.8 Å². The quantitative estimate of drug-likeness (QED) is 0.795. The minimum absolute atomic E-state index is 0.128. The first-order valence-electron chi connectivity index (χ1n) is 5.76. The largest absolute Gasteiger partial charge is 0.490 e. The molecule has 1 aliphatic heterocycles. The van der Waals surface area contributed by atoms with E-state index in [1.54, 1.807) is 14.2 Å². The predicted molar refractivity (Wildman–Crippen MR) is 65.6 cm³/mol. The zero-order chi connectivity index (χ0) is 12.3. The second-order valence-electron chi connectivity index (χ2n) is 4.00. The van der Waals surface area contributed by atoms with E-state index in [1.165, 1.54) is 6.33 Å². The van der Waals surface area contributed by atoms with Crippen molar-refractivity contribution in [1.82, 2.24) is 9.97 Å². The van der Waals surface area contributed by atoms with E-state index in [9.17, 15) is 5.11 Å². The summed E-state index contributed by atoms with van der Waals surface area (Å²) in [6, 6.07) is 0.128. The second kappa shape index (κ2) is 5.18. The fourth-order valence-electron chi connectivity index (χ4n) is 2.24. The van der Waals surface area contributed by atoms with Crippen molar-refractivity contribution >= 4 is 11.6 Å². The number of aliphatic hydroxyl groups excluding tert-OH is 1. The third kappa shape index (κ3) is 2.12. The van der Waals surface area contributed by atoms with Crippen LogP contribution in [0.25, 0.3) is 0 Å². The average Bonchev–Trinajstić information content (AvgIpc) is 2.85. The number of hydrogen-bond donors (Lipinski definition) is 2. The van der Waals surface area contributed by atoms with Crippen molar-refractivity contribution in [3.8, 4) is 5.75 Å². The third-order valence-electron chi connectivity index (χ3n) is 3.09. The van der Waals surface area contributed by atoms with Gasteiger partial charge >= 0.3 is 0 Å². The van der Waals surface area contributed by atoms with Gasteiger partial charge < -0.3 is 20.1 Å². The maximum Gasteiger partial charge on any atom is 0.204 e. The van der Waals surface area contributed by atoms with Crippen LogP contribution in [0.3, 0.4) is 0 Å². The molecular weight excluding hydrogens is 220 g/mol. The van der Waals surface area contributed by atoms with Gasteiger partial charge in [-0.15, -0.1) is 0 Å². The van der Waals surface area contributed by atoms with Gasteiger partial charge in [0.15, 0.2) is 11.6 Å². The van der Waals surface area contributed by atoms with E-state index in [2.05, 4.69) is 20.2 Å². The molecule has 1 aromatic heterocycles. The summed E-state index contributed by atoms with van der Waals surface area (Å²) in [5.41, 5.74) is 0. The number of methoxy groups -OCH3 is 1. The average molecular weight is 238 g/mol. The van der Waals surface area contributed by atoms with Crippen molar-refractivity contribution in [2.75, 3.05) is 37.5 Å². The van der Waals surface area contributed by atoms with Crippen molar-refractivity contribution < 1.29 is 9.84 Å². The molecule has 0 saturated carbocycles. The molecule has 1 aromatic rings. The topological polar surface area (TPSA) is 70.5 Å². The molecule has 1 saturated heterocycles. The summed E-state index contributed by atoms with van der Waals surface area (Å²) in [6.07, 6.45) is 3.56. The number of hydrogen-bond acceptors (Lipinski definition) is 6. The Kier molecular flexibility index (Phi) is 3.63. The van der Waals surface area contributed by atoms with Crippen LogP contribution in [0.4, 0.5) is 11.6 Å². The van der Waals surface area contributed by atoms with Gasteiger partial charge in [0, 0.05) is 13.6 Å². The van der Waals surface area contributed by atoms with Crippen molar-refractivity contribution in [1.29, 1.82) is 0 Å². The fourth-order valence-corrected chi connectivity index (χ4v) is 2.24. The minimum atomic E-state index is 0.128. The number of anilines is 2. The molecule has 1 unspecified atom stereocenters. The van der Waals surface area contributed by atoms with Crippen LogP contribution < -0.4 is 15.0 Å². The van der Waals surface area contributed by atoms with Crippen LogP contribution >= 0.6 is 0 Å². The van der Waals surface area contributed by atoms with Gasteiger partial charge in [0.1, 0.15) is 6.33 Å². The van der Waals surface area contributed by atoms with E-state index < -0.39 is 0 Å². The highest BCUT2D eigenvalue weighted by Crippen LogP contribution is 2.35. The Bertz CT molecular complexity index is 386. The van der Waals surface area contributed by atoms with Gasteiger partial charge in [0.2, 0.25) is 5.75 Å². The molecule has 0 bridgehead atoms. The van der Waals surface area contributed by atoms with E-state index in [0.29, 0.717) is 11.6 Å². The summed E-state index contributed by atoms with van der Waals surface area (Å²) >= 11 is 0. The first-order valence-corrected chi connectivity index (χ1v) is 5.76. The van der Waals surface area contributed by atoms with Gasteiger partial charge in [-0.2, -0.15) is 0 Å². The molecule has 0 aromatic carbocycles. The molecule has 2 rings (SSSR count). The normalized spacial score (nSPS) is 19.5. The molecule has 2 N–H and O–H groups in total. The SMILES string of the molecule is CNc1ncnc(N2CCCC2CO)c1OC. The fraction of sp³-hybridized carbons (Fsp3) is 0.636. The van der Waals surface area contributed by atoms with Crippen molar-refractivity contribution in [3.63, 3.8) is 0 Å². The van der Waals surface area contributed by atoms with Gasteiger partial charge in [-0.05, 0) is 12.8 Å². The van der Waals surface area contributed by atoms with E-state index in [1.807, 2.05) is 0 Å². The van der Waals surface area contributed by atoms with Crippen LogP contribution in [0.15, 0.2) is 6.33 Å². The summed E-state index contributed by atoms with van der Waals surface area (Å²) in [4.78, 5) is 10.5. The first-order chi connectivity index (χ1) is 8.31. The Hall–Kier alpha value is -1.56. The Morgan fingerprint density at radius 3 is 3.06 bits per heavy atom. The molecule has 17 heavy (non-hydrogen) atoms. The van der Waals surface area contributed by atoms with E-state index in [4.69, 9.17) is 4.74 Å². The van der Waals surface area contributed by atoms with Gasteiger partial charge in [-0.3, -0.25) is 0 Å². The zero-order valence-electron chi connectivity index (χ0n) is 10.2. The minimum Gasteiger partial charge on any atom is -0.490 e. The lowest BCUT2D eigenvalue weighted by Crippen LogP contribution is -2.33. The highest BCUT2D eigenvalue weighted by Gasteiger charge is 2.28. The Balaban J connectivity index is 2.37. The van der Waals surface area contributed by atoms with Crippen molar-refractivity contribution in [2.45, 2.75) is 18.9 Å². The van der Waals surface area contributed by atoms with E-state index >= 15 is 0 Å². The molecule has 0 aliphatic carbocycles. The molecule has 0 amide bonds. The molecule has 1 aliphatic rings. The summed E-state index contributed by atoms with van der Waals surface area (Å²) < 4.78 is 5.36. The highest BCUT2D eigenvalue weighted by molar-refractivity contribution is 5.65. The van der Waals surface area contributed by atoms with E-state index in [-0.39, 0.29) is 12.6 Å². The lowest BCUT2D eigenvalue weighted by atomic mass is 10.2. The number of aromatic nitrogens is 2. The molecule has 1 atom stereocenters. The van der Waals surface area contributed by atoms with Crippen LogP contribution in [0, 0.1) is 0 Å². The maximum absolute atomic E-state index is 9.35. The molecule has 1 fully saturated rings. The number of nitrogens with one attached hydrogen (secondary N) is 1. The van der Waals surface area contributed by atoms with Crippen LogP contribution in [0.1, 0.15) is 12.8 Å². The molecular formula is C11H18N4O2. The Morgan fingerprint density at radius 1 is 1.59 bits per heavy atom. The molecule has 94 valence electrons. The number of rotatable bonds is 4. The summed E-state index contributed by atoms with van der Waals surface area (Å²) in [7, 11) is 3.40. The monoisotopic (exact) mass is 238 g/mol. The number of aliphatic hydroxyl groups is 1. The van der Waals surface area contributed by atoms with E-state index in [0.717, 1.165) is 25.2 Å². The Labute approximate surface area is 101 Å². The van der Waals surface area contributed by atoms with Crippen molar-refractivity contribution in [2.24, 2.45) is 0 Å². The van der Waals surface area contributed by atoms with Gasteiger partial charge in [-0.25, -0.2) is 9.97 Å². The predicted octanol–water partition coefficient (Wildman–Crippen LogP) is 0.488. The van der Waals surface area contributed by atoms with Crippen LogP contribution in [0.2, 0.25) is 0 Å². The molecule has 2 heterocycles. The standard InChI is InChI=1S/C11H18N4O2/c1-12-10-9(17-2)11(14-7-13-10)15-5-3-4-8(15)6-16/h7-8,16H,3-6H2,1-2H3,(H,12,13,14). The van der Waals surface area contributed by atoms with Crippen LogP contribution in [0.5, 0.6) is 5.75 Å². The van der Waals surface area contributed by atoms with Crippen LogP contribution in [-0.4, -0.2) is 48.4 Å². The smallest absolute Gasteiger partial charge is 0.204 e. The van der Waals surface area contributed by atoms with Gasteiger partial charge in [-0.1, -0.05) is 0 Å². The van der Waals surface area contributed by atoms with Crippen molar-refractivity contribution in [3.05, 3.63) is 6.33 Å². The third-order valence-corrected chi connectivity index (χ3v) is 3.09. The summed E-state index contributed by atoms with van der Waals surface area (Å²) in [5, 5.41) is 12.3. The zero-order valence-corrected chi connectivity index (χ0v) is 10.2. The van der Waals surface area contributed by atoms with Crippen LogP contribution in [-0.2, 0) is 0 Å². The molecule has 0 radical (unpaired) electrons. The maximum atomic E-state index is 9.35.